The molecule has 0 spiro atoms. The van der Waals surface area contributed by atoms with Gasteiger partial charge >= 0.3 is 0 Å². The lowest BCUT2D eigenvalue weighted by atomic mass is 10.1. The molecule has 1 aliphatic rings. The van der Waals surface area contributed by atoms with Crippen LogP contribution in [0.3, 0.4) is 0 Å². The van der Waals surface area contributed by atoms with Gasteiger partial charge in [-0.3, -0.25) is 10.1 Å². The van der Waals surface area contributed by atoms with Crippen LogP contribution >= 0.6 is 11.3 Å². The van der Waals surface area contributed by atoms with Crippen molar-refractivity contribution >= 4 is 32.0 Å². The van der Waals surface area contributed by atoms with Crippen molar-refractivity contribution in [1.82, 2.24) is 4.98 Å². The molecule has 1 aromatic heterocycles. The fourth-order valence-corrected chi connectivity index (χ4v) is 6.41. The monoisotopic (exact) mass is 457 g/mol. The standard InChI is InChI=1S/C22H23N3O4S2/c1-16-5-7-17(8-6-16)13-18-15-30-22(23-18)24-11-9-20(10-12-24)31(28,29)21-4-2-3-19(14-21)25(26)27/h2-8,14-15,20H,9-13H2,1H3. The Morgan fingerprint density at radius 3 is 2.55 bits per heavy atom. The number of thiazole rings is 1. The van der Waals surface area contributed by atoms with Gasteiger partial charge in [0.25, 0.3) is 5.69 Å². The molecule has 1 fully saturated rings. The average Bonchev–Trinajstić information content (AvgIpc) is 3.24. The average molecular weight is 458 g/mol. The predicted molar refractivity (Wildman–Crippen MR) is 122 cm³/mol. The van der Waals surface area contributed by atoms with E-state index >= 15 is 0 Å². The number of non-ortho nitro benzene ring substituents is 1. The number of aryl methyl sites for hydroxylation is 1. The van der Waals surface area contributed by atoms with E-state index in [9.17, 15) is 18.5 Å². The van der Waals surface area contributed by atoms with Gasteiger partial charge in [0, 0.05) is 37.0 Å². The van der Waals surface area contributed by atoms with Crippen molar-refractivity contribution in [2.75, 3.05) is 18.0 Å². The summed E-state index contributed by atoms with van der Waals surface area (Å²) >= 11 is 1.58. The Balaban J connectivity index is 1.40. The number of nitro benzene ring substituents is 1. The molecule has 0 aliphatic carbocycles. The third-order valence-electron chi connectivity index (χ3n) is 5.55. The number of nitrogens with zero attached hydrogens (tertiary/aromatic N) is 3. The van der Waals surface area contributed by atoms with Crippen molar-refractivity contribution < 1.29 is 13.3 Å². The van der Waals surface area contributed by atoms with E-state index in [1.165, 1.54) is 29.3 Å². The van der Waals surface area contributed by atoms with Crippen molar-refractivity contribution in [1.29, 1.82) is 0 Å². The summed E-state index contributed by atoms with van der Waals surface area (Å²) in [5.74, 6) is 0. The molecule has 162 valence electrons. The molecule has 4 rings (SSSR count). The van der Waals surface area contributed by atoms with Crippen LogP contribution in [0.15, 0.2) is 58.8 Å². The van der Waals surface area contributed by atoms with Gasteiger partial charge in [0.15, 0.2) is 15.0 Å². The molecule has 0 saturated carbocycles. The number of rotatable bonds is 6. The maximum Gasteiger partial charge on any atom is 0.270 e. The molecule has 2 heterocycles. The van der Waals surface area contributed by atoms with Crippen molar-refractivity contribution in [3.8, 4) is 0 Å². The largest absolute Gasteiger partial charge is 0.348 e. The smallest absolute Gasteiger partial charge is 0.270 e. The van der Waals surface area contributed by atoms with Gasteiger partial charge in [-0.15, -0.1) is 11.3 Å². The van der Waals surface area contributed by atoms with Crippen molar-refractivity contribution in [2.24, 2.45) is 0 Å². The quantitative estimate of drug-likeness (QED) is 0.402. The number of hydrogen-bond acceptors (Lipinski definition) is 7. The maximum absolute atomic E-state index is 13.0. The number of hydrogen-bond donors (Lipinski definition) is 0. The van der Waals surface area contributed by atoms with Gasteiger partial charge < -0.3 is 4.90 Å². The van der Waals surface area contributed by atoms with E-state index < -0.39 is 20.0 Å². The molecular formula is C22H23N3O4S2. The maximum atomic E-state index is 13.0. The highest BCUT2D eigenvalue weighted by Crippen LogP contribution is 2.30. The van der Waals surface area contributed by atoms with E-state index in [1.54, 1.807) is 11.3 Å². The molecule has 0 bridgehead atoms. The van der Waals surface area contributed by atoms with E-state index in [2.05, 4.69) is 41.5 Å². The first kappa shape index (κ1) is 21.5. The van der Waals surface area contributed by atoms with Gasteiger partial charge in [0.1, 0.15) is 0 Å². The fraction of sp³-hybridized carbons (Fsp3) is 0.318. The third-order valence-corrected chi connectivity index (χ3v) is 8.76. The van der Waals surface area contributed by atoms with E-state index in [4.69, 9.17) is 4.98 Å². The minimum atomic E-state index is -3.61. The zero-order valence-corrected chi connectivity index (χ0v) is 18.7. The second kappa shape index (κ2) is 8.76. The van der Waals surface area contributed by atoms with E-state index in [1.807, 2.05) is 0 Å². The van der Waals surface area contributed by atoms with Crippen LogP contribution in [0.2, 0.25) is 0 Å². The molecule has 31 heavy (non-hydrogen) atoms. The zero-order chi connectivity index (χ0) is 22.0. The summed E-state index contributed by atoms with van der Waals surface area (Å²) in [6.45, 7) is 3.25. The molecule has 0 unspecified atom stereocenters. The van der Waals surface area contributed by atoms with Crippen LogP contribution in [0, 0.1) is 17.0 Å². The number of piperidine rings is 1. The Labute approximate surface area is 185 Å². The summed E-state index contributed by atoms with van der Waals surface area (Å²) in [6, 6.07) is 13.7. The van der Waals surface area contributed by atoms with E-state index in [0.29, 0.717) is 25.9 Å². The van der Waals surface area contributed by atoms with Crippen molar-refractivity contribution in [3.05, 3.63) is 80.8 Å². The molecule has 0 N–H and O–H groups in total. The van der Waals surface area contributed by atoms with Crippen molar-refractivity contribution in [3.63, 3.8) is 0 Å². The van der Waals surface area contributed by atoms with Crippen LogP contribution < -0.4 is 4.90 Å². The first-order valence-electron chi connectivity index (χ1n) is 10.1. The molecule has 0 radical (unpaired) electrons. The molecule has 7 nitrogen and oxygen atoms in total. The summed E-state index contributed by atoms with van der Waals surface area (Å²) in [4.78, 5) is 17.3. The van der Waals surface area contributed by atoms with Gasteiger partial charge in [0.05, 0.1) is 20.8 Å². The summed E-state index contributed by atoms with van der Waals surface area (Å²) in [5.41, 5.74) is 3.24. The highest BCUT2D eigenvalue weighted by molar-refractivity contribution is 7.92. The van der Waals surface area contributed by atoms with Crippen LogP contribution in [0.1, 0.15) is 29.7 Å². The minimum absolute atomic E-state index is 0.0229. The lowest BCUT2D eigenvalue weighted by Gasteiger charge is -2.31. The molecule has 3 aromatic rings. The van der Waals surface area contributed by atoms with Crippen LogP contribution in [0.4, 0.5) is 10.8 Å². The number of sulfone groups is 1. The van der Waals surface area contributed by atoms with Crippen LogP contribution in [-0.2, 0) is 16.3 Å². The second-order valence-corrected chi connectivity index (χ2v) is 10.8. The first-order valence-corrected chi connectivity index (χ1v) is 12.5. The Morgan fingerprint density at radius 1 is 1.16 bits per heavy atom. The van der Waals surface area contributed by atoms with Gasteiger partial charge in [-0.05, 0) is 31.4 Å². The van der Waals surface area contributed by atoms with Crippen LogP contribution in [0.5, 0.6) is 0 Å². The predicted octanol–water partition coefficient (Wildman–Crippen LogP) is 4.39. The molecular weight excluding hydrogens is 434 g/mol. The number of aromatic nitrogens is 1. The normalized spacial score (nSPS) is 15.2. The van der Waals surface area contributed by atoms with Crippen molar-refractivity contribution in [2.45, 2.75) is 36.3 Å². The molecule has 9 heteroatoms. The highest BCUT2D eigenvalue weighted by Gasteiger charge is 2.32. The number of nitro groups is 1. The van der Waals surface area contributed by atoms with Gasteiger partial charge in [-0.25, -0.2) is 13.4 Å². The minimum Gasteiger partial charge on any atom is -0.348 e. The fourth-order valence-electron chi connectivity index (χ4n) is 3.76. The van der Waals surface area contributed by atoms with Gasteiger partial charge in [-0.1, -0.05) is 35.9 Å². The Hall–Kier alpha value is -2.78. The highest BCUT2D eigenvalue weighted by atomic mass is 32.2. The summed E-state index contributed by atoms with van der Waals surface area (Å²) < 4.78 is 26.0. The Kier molecular flexibility index (Phi) is 6.06. The first-order chi connectivity index (χ1) is 14.8. The number of anilines is 1. The molecule has 1 aliphatic heterocycles. The lowest BCUT2D eigenvalue weighted by molar-refractivity contribution is -0.385. The molecule has 2 aromatic carbocycles. The Morgan fingerprint density at radius 2 is 1.87 bits per heavy atom. The van der Waals surface area contributed by atoms with E-state index in [-0.39, 0.29) is 10.6 Å². The third kappa shape index (κ3) is 4.77. The van der Waals surface area contributed by atoms with Crippen LogP contribution in [0.25, 0.3) is 0 Å². The summed E-state index contributed by atoms with van der Waals surface area (Å²) in [5, 5.41) is 13.4. The van der Waals surface area contributed by atoms with Gasteiger partial charge in [-0.2, -0.15) is 0 Å². The second-order valence-electron chi connectivity index (χ2n) is 7.77. The topological polar surface area (TPSA) is 93.4 Å². The molecule has 1 saturated heterocycles. The molecule has 0 atom stereocenters. The summed E-state index contributed by atoms with van der Waals surface area (Å²) in [7, 11) is -3.61. The number of benzene rings is 2. The Bertz CT molecular complexity index is 1180. The zero-order valence-electron chi connectivity index (χ0n) is 17.1. The van der Waals surface area contributed by atoms with Crippen LogP contribution in [-0.4, -0.2) is 36.7 Å². The van der Waals surface area contributed by atoms with Gasteiger partial charge in [0.2, 0.25) is 0 Å². The SMILES string of the molecule is Cc1ccc(Cc2csc(N3CCC(S(=O)(=O)c4cccc([N+](=O)[O-])c4)CC3)n2)cc1. The summed E-state index contributed by atoms with van der Waals surface area (Å²) in [6.07, 6.45) is 1.71. The molecule has 0 amide bonds. The lowest BCUT2D eigenvalue weighted by Crippen LogP contribution is -2.39. The van der Waals surface area contributed by atoms with E-state index in [0.717, 1.165) is 23.3 Å².